The molecule has 0 saturated heterocycles. The Bertz CT molecular complexity index is 803. The monoisotopic (exact) mass is 478 g/mol. The first-order valence-electron chi connectivity index (χ1n) is 11.3. The molecule has 0 spiro atoms. The lowest BCUT2D eigenvalue weighted by Gasteiger charge is -2.36. The van der Waals surface area contributed by atoms with Gasteiger partial charge in [0.15, 0.2) is 0 Å². The van der Waals surface area contributed by atoms with Crippen molar-refractivity contribution in [2.75, 3.05) is 53.4 Å². The molecule has 1 N–H and O–H groups in total. The van der Waals surface area contributed by atoms with Gasteiger partial charge < -0.3 is 33.5 Å². The van der Waals surface area contributed by atoms with E-state index >= 15 is 0 Å². The summed E-state index contributed by atoms with van der Waals surface area (Å²) < 4.78 is 32.6. The van der Waals surface area contributed by atoms with Crippen molar-refractivity contribution in [3.05, 3.63) is 59.9 Å². The molecule has 3 atom stereocenters. The van der Waals surface area contributed by atoms with Crippen LogP contribution in [0.4, 0.5) is 0 Å². The molecule has 0 aromatic heterocycles. The van der Waals surface area contributed by atoms with Crippen LogP contribution >= 0.6 is 0 Å². The van der Waals surface area contributed by atoms with Gasteiger partial charge in [0.05, 0.1) is 39.1 Å². The number of aliphatic hydroxyl groups is 1. The third kappa shape index (κ3) is 8.25. The quantitative estimate of drug-likeness (QED) is 0.231. The molecule has 1 aliphatic rings. The summed E-state index contributed by atoms with van der Waals surface area (Å²) in [7, 11) is 1.33. The van der Waals surface area contributed by atoms with Gasteiger partial charge in [-0.1, -0.05) is 24.8 Å². The van der Waals surface area contributed by atoms with Crippen molar-refractivity contribution in [3.8, 4) is 0 Å². The van der Waals surface area contributed by atoms with Gasteiger partial charge in [-0.25, -0.2) is 9.59 Å². The minimum Gasteiger partial charge on any atom is -0.465 e. The van der Waals surface area contributed by atoms with Crippen LogP contribution in [0.2, 0.25) is 0 Å². The Morgan fingerprint density at radius 2 is 1.79 bits per heavy atom. The molecule has 0 unspecified atom stereocenters. The number of hydrogen-bond donors (Lipinski definition) is 1. The Hall–Kier alpha value is -2.72. The van der Waals surface area contributed by atoms with Crippen molar-refractivity contribution in [2.24, 2.45) is 5.92 Å². The molecule has 188 valence electrons. The largest absolute Gasteiger partial charge is 0.465 e. The molecule has 0 radical (unpaired) electrons. The van der Waals surface area contributed by atoms with Gasteiger partial charge in [-0.3, -0.25) is 0 Å². The van der Waals surface area contributed by atoms with Gasteiger partial charge >= 0.3 is 11.9 Å². The maximum absolute atomic E-state index is 12.5. The highest BCUT2D eigenvalue weighted by atomic mass is 16.7. The van der Waals surface area contributed by atoms with Gasteiger partial charge in [-0.05, 0) is 37.1 Å². The van der Waals surface area contributed by atoms with Crippen molar-refractivity contribution >= 4 is 11.9 Å². The zero-order chi connectivity index (χ0) is 24.8. The van der Waals surface area contributed by atoms with Crippen LogP contribution < -0.4 is 0 Å². The molecule has 9 heteroatoms. The summed E-state index contributed by atoms with van der Waals surface area (Å²) in [4.78, 5) is 24.4. The topological polar surface area (TPSA) is 110 Å². The van der Waals surface area contributed by atoms with Gasteiger partial charge in [-0.15, -0.1) is 0 Å². The first-order chi connectivity index (χ1) is 16.5. The first kappa shape index (κ1) is 27.5. The predicted octanol–water partition coefficient (Wildman–Crippen LogP) is 2.59. The maximum Gasteiger partial charge on any atom is 0.373 e. The minimum atomic E-state index is -0.694. The average molecular weight is 479 g/mol. The highest BCUT2D eigenvalue weighted by Crippen LogP contribution is 2.39. The van der Waals surface area contributed by atoms with E-state index in [-0.39, 0.29) is 37.4 Å². The number of methoxy groups -OCH3 is 1. The van der Waals surface area contributed by atoms with Crippen LogP contribution in [0.15, 0.2) is 48.8 Å². The fourth-order valence-corrected chi connectivity index (χ4v) is 3.58. The normalized spacial score (nSPS) is 19.6. The summed E-state index contributed by atoms with van der Waals surface area (Å²) in [6.45, 7) is 7.29. The number of carbonyl (C=O) groups is 2. The molecule has 0 bridgehead atoms. The van der Waals surface area contributed by atoms with E-state index in [1.807, 2.05) is 19.1 Å². The van der Waals surface area contributed by atoms with E-state index in [2.05, 4.69) is 6.58 Å². The van der Waals surface area contributed by atoms with E-state index in [4.69, 9.17) is 33.5 Å². The molecule has 1 aliphatic heterocycles. The second kappa shape index (κ2) is 15.2. The third-order valence-electron chi connectivity index (χ3n) is 5.17. The molecular weight excluding hydrogens is 444 g/mol. The van der Waals surface area contributed by atoms with Crippen molar-refractivity contribution in [1.82, 2.24) is 0 Å². The van der Waals surface area contributed by atoms with Crippen LogP contribution in [0.5, 0.6) is 0 Å². The molecule has 0 aliphatic carbocycles. The van der Waals surface area contributed by atoms with Crippen LogP contribution in [0.1, 0.15) is 35.2 Å². The van der Waals surface area contributed by atoms with Gasteiger partial charge in [0.2, 0.25) is 12.0 Å². The lowest BCUT2D eigenvalue weighted by atomic mass is 9.81. The lowest BCUT2D eigenvalue weighted by molar-refractivity contribution is -0.176. The number of allylic oxidation sites excluding steroid dienone is 1. The second-order valence-electron chi connectivity index (χ2n) is 7.40. The number of carbonyl (C=O) groups excluding carboxylic acids is 2. The van der Waals surface area contributed by atoms with Crippen molar-refractivity contribution in [2.45, 2.75) is 25.6 Å². The number of aliphatic hydroxyl groups excluding tert-OH is 1. The average Bonchev–Trinajstić information content (AvgIpc) is 2.86. The number of hydrogen-bond acceptors (Lipinski definition) is 9. The third-order valence-corrected chi connectivity index (χ3v) is 5.17. The van der Waals surface area contributed by atoms with Crippen molar-refractivity contribution in [3.63, 3.8) is 0 Å². The molecule has 1 aromatic carbocycles. The highest BCUT2D eigenvalue weighted by molar-refractivity contribution is 5.89. The smallest absolute Gasteiger partial charge is 0.373 e. The summed E-state index contributed by atoms with van der Waals surface area (Å²) in [6, 6.07) is 7.01. The lowest BCUT2D eigenvalue weighted by Crippen LogP contribution is -2.37. The molecule has 1 heterocycles. The van der Waals surface area contributed by atoms with E-state index in [1.54, 1.807) is 18.2 Å². The standard InChI is InChI=1S/C25H34O9/c1-4-12-33-24(28)22-17-21(18-6-8-19(9-7-18)23(27)29-3)20(25(34-22)32-5-2)10-13-30-15-16-31-14-11-26/h4,6-9,17,20-21,25-26H,1,5,10-16H2,2-3H3/t20-,21-,25-/m0/s1. The summed E-state index contributed by atoms with van der Waals surface area (Å²) in [6.07, 6.45) is 3.10. The highest BCUT2D eigenvalue weighted by Gasteiger charge is 2.38. The molecule has 1 aromatic rings. The summed E-state index contributed by atoms with van der Waals surface area (Å²) in [5, 5.41) is 8.76. The molecule has 34 heavy (non-hydrogen) atoms. The van der Waals surface area contributed by atoms with Gasteiger partial charge in [0, 0.05) is 25.0 Å². The zero-order valence-corrected chi connectivity index (χ0v) is 19.8. The summed E-state index contributed by atoms with van der Waals surface area (Å²) in [5.74, 6) is -1.38. The fraction of sp³-hybridized carbons (Fsp3) is 0.520. The van der Waals surface area contributed by atoms with Crippen LogP contribution in [0.25, 0.3) is 0 Å². The van der Waals surface area contributed by atoms with Crippen molar-refractivity contribution < 1.29 is 43.1 Å². The maximum atomic E-state index is 12.5. The molecule has 0 saturated carbocycles. The summed E-state index contributed by atoms with van der Waals surface area (Å²) >= 11 is 0. The number of ether oxygens (including phenoxy) is 6. The van der Waals surface area contributed by atoms with Crippen LogP contribution in [-0.2, 0) is 33.2 Å². The Morgan fingerprint density at radius 1 is 1.09 bits per heavy atom. The SMILES string of the molecule is C=CCOC(=O)C1=C[C@@H](c2ccc(C(=O)OC)cc2)[C@H](CCOCCOCCO)[C@@H](OCC)O1. The van der Waals surface area contributed by atoms with E-state index in [0.29, 0.717) is 38.4 Å². The number of benzene rings is 1. The fourth-order valence-electron chi connectivity index (χ4n) is 3.58. The summed E-state index contributed by atoms with van der Waals surface area (Å²) in [5.41, 5.74) is 1.31. The van der Waals surface area contributed by atoms with E-state index in [9.17, 15) is 9.59 Å². The van der Waals surface area contributed by atoms with E-state index in [1.165, 1.54) is 13.2 Å². The number of esters is 2. The van der Waals surface area contributed by atoms with E-state index < -0.39 is 18.2 Å². The minimum absolute atomic E-state index is 0.0319. The van der Waals surface area contributed by atoms with Crippen molar-refractivity contribution in [1.29, 1.82) is 0 Å². The Morgan fingerprint density at radius 3 is 2.41 bits per heavy atom. The van der Waals surface area contributed by atoms with Gasteiger partial charge in [0.1, 0.15) is 6.61 Å². The van der Waals surface area contributed by atoms with Crippen LogP contribution in [0, 0.1) is 5.92 Å². The Kier molecular flexibility index (Phi) is 12.3. The zero-order valence-electron chi connectivity index (χ0n) is 19.8. The Labute approximate surface area is 200 Å². The Balaban J connectivity index is 2.24. The second-order valence-corrected chi connectivity index (χ2v) is 7.40. The number of rotatable bonds is 15. The van der Waals surface area contributed by atoms with E-state index in [0.717, 1.165) is 5.56 Å². The van der Waals surface area contributed by atoms with Gasteiger partial charge in [0.25, 0.3) is 0 Å². The molecule has 0 fully saturated rings. The first-order valence-corrected chi connectivity index (χ1v) is 11.3. The molecular formula is C25H34O9. The molecule has 9 nitrogen and oxygen atoms in total. The van der Waals surface area contributed by atoms with Crippen LogP contribution in [0.3, 0.4) is 0 Å². The molecule has 0 amide bonds. The van der Waals surface area contributed by atoms with Gasteiger partial charge in [-0.2, -0.15) is 0 Å². The molecule has 2 rings (SSSR count). The predicted molar refractivity (Wildman–Crippen MR) is 123 cm³/mol. The van der Waals surface area contributed by atoms with Crippen LogP contribution in [-0.4, -0.2) is 76.7 Å².